The van der Waals surface area contributed by atoms with Gasteiger partial charge >= 0.3 is 0 Å². The molecule has 0 aliphatic carbocycles. The van der Waals surface area contributed by atoms with Crippen molar-refractivity contribution in [1.29, 1.82) is 0 Å². The molecule has 1 aliphatic heterocycles. The second-order valence-electron chi connectivity index (χ2n) is 9.01. The average Bonchev–Trinajstić information content (AvgIpc) is 2.67. The van der Waals surface area contributed by atoms with Crippen molar-refractivity contribution in [3.63, 3.8) is 0 Å². The molecule has 2 nitrogen and oxygen atoms in total. The van der Waals surface area contributed by atoms with Gasteiger partial charge in [0.25, 0.3) is 0 Å². The van der Waals surface area contributed by atoms with E-state index in [2.05, 4.69) is 38.2 Å². The molecule has 0 N–H and O–H groups in total. The van der Waals surface area contributed by atoms with Crippen molar-refractivity contribution >= 4 is 5.78 Å². The molecule has 1 aromatic rings. The number of Topliss-reactive ketones (excluding diaryl/α,β-unsaturated/α-hetero) is 1. The number of quaternary nitrogens is 1. The standard InChI is InChI=1S/C25H42NO.ClH/c1-3-4-5-6-7-8-9-10-11-12-13-23-14-16-24(17-15-23)22-26(2)20-18-25(27)19-21-26;/h14-17H,3-13,18-22H2,1-2H3;1H/q+1;/p-1. The smallest absolute Gasteiger partial charge is 0.144 e. The number of aryl methyl sites for hydroxylation is 1. The van der Waals surface area contributed by atoms with E-state index in [9.17, 15) is 4.79 Å². The lowest BCUT2D eigenvalue weighted by Crippen LogP contribution is -3.00. The van der Waals surface area contributed by atoms with Crippen LogP contribution in [0.4, 0.5) is 0 Å². The molecule has 28 heavy (non-hydrogen) atoms. The molecule has 1 aromatic carbocycles. The van der Waals surface area contributed by atoms with Gasteiger partial charge in [-0.1, -0.05) is 89.0 Å². The van der Waals surface area contributed by atoms with Crippen LogP contribution < -0.4 is 12.4 Å². The Labute approximate surface area is 180 Å². The number of benzene rings is 1. The monoisotopic (exact) mass is 407 g/mol. The van der Waals surface area contributed by atoms with Crippen LogP contribution in [-0.2, 0) is 17.8 Å². The fourth-order valence-corrected chi connectivity index (χ4v) is 4.25. The van der Waals surface area contributed by atoms with Gasteiger partial charge in [-0.05, 0) is 18.4 Å². The van der Waals surface area contributed by atoms with Crippen LogP contribution in [0.3, 0.4) is 0 Å². The fraction of sp³-hybridized carbons (Fsp3) is 0.720. The Kier molecular flexibility index (Phi) is 12.7. The summed E-state index contributed by atoms with van der Waals surface area (Å²) < 4.78 is 1.02. The number of likely N-dealkylation sites (tertiary alicyclic amines) is 1. The van der Waals surface area contributed by atoms with E-state index in [1.54, 1.807) is 0 Å². The lowest BCUT2D eigenvalue weighted by molar-refractivity contribution is -0.923. The Balaban J connectivity index is 0.00000392. The van der Waals surface area contributed by atoms with E-state index in [0.717, 1.165) is 37.0 Å². The number of unbranched alkanes of at least 4 members (excludes halogenated alkanes) is 9. The van der Waals surface area contributed by atoms with Crippen molar-refractivity contribution in [1.82, 2.24) is 0 Å². The summed E-state index contributed by atoms with van der Waals surface area (Å²) in [6.45, 7) is 5.34. The summed E-state index contributed by atoms with van der Waals surface area (Å²) in [5, 5.41) is 0. The summed E-state index contributed by atoms with van der Waals surface area (Å²) in [7, 11) is 2.30. The first-order chi connectivity index (χ1) is 13.1. The maximum atomic E-state index is 11.5. The van der Waals surface area contributed by atoms with E-state index in [4.69, 9.17) is 0 Å². The molecule has 2 rings (SSSR count). The Bertz CT molecular complexity index is 530. The van der Waals surface area contributed by atoms with Gasteiger partial charge in [0, 0.05) is 5.56 Å². The summed E-state index contributed by atoms with van der Waals surface area (Å²) in [5.74, 6) is 0.442. The number of hydrogen-bond donors (Lipinski definition) is 0. The third kappa shape index (κ3) is 10.1. The minimum Gasteiger partial charge on any atom is -1.00 e. The molecule has 0 aromatic heterocycles. The zero-order chi connectivity index (χ0) is 19.4. The van der Waals surface area contributed by atoms with Crippen LogP contribution in [0.5, 0.6) is 0 Å². The Hall–Kier alpha value is -0.860. The predicted octanol–water partition coefficient (Wildman–Crippen LogP) is 3.46. The lowest BCUT2D eigenvalue weighted by atomic mass is 10.0. The third-order valence-electron chi connectivity index (χ3n) is 6.27. The van der Waals surface area contributed by atoms with E-state index in [-0.39, 0.29) is 12.4 Å². The zero-order valence-electron chi connectivity index (χ0n) is 18.4. The van der Waals surface area contributed by atoms with Crippen LogP contribution >= 0.6 is 0 Å². The number of nitrogens with zero attached hydrogens (tertiary/aromatic N) is 1. The molecule has 160 valence electrons. The molecule has 0 saturated carbocycles. The van der Waals surface area contributed by atoms with Crippen molar-refractivity contribution in [3.8, 4) is 0 Å². The highest BCUT2D eigenvalue weighted by Crippen LogP contribution is 2.19. The molecule has 1 heterocycles. The van der Waals surface area contributed by atoms with Crippen molar-refractivity contribution in [2.75, 3.05) is 20.1 Å². The van der Waals surface area contributed by atoms with E-state index >= 15 is 0 Å². The van der Waals surface area contributed by atoms with Crippen LogP contribution in [0, 0.1) is 0 Å². The Morgan fingerprint density at radius 1 is 0.750 bits per heavy atom. The number of hydrogen-bond acceptors (Lipinski definition) is 1. The topological polar surface area (TPSA) is 17.1 Å². The molecule has 0 atom stereocenters. The highest BCUT2D eigenvalue weighted by Gasteiger charge is 2.28. The van der Waals surface area contributed by atoms with Gasteiger partial charge in [0.1, 0.15) is 12.3 Å². The molecule has 0 amide bonds. The Morgan fingerprint density at radius 3 is 1.75 bits per heavy atom. The zero-order valence-corrected chi connectivity index (χ0v) is 19.1. The maximum Gasteiger partial charge on any atom is 0.144 e. The molecular formula is C25H42ClNO. The first-order valence-corrected chi connectivity index (χ1v) is 11.5. The molecule has 0 radical (unpaired) electrons. The highest BCUT2D eigenvalue weighted by atomic mass is 35.5. The van der Waals surface area contributed by atoms with Crippen molar-refractivity contribution < 1.29 is 21.7 Å². The fourth-order valence-electron chi connectivity index (χ4n) is 4.25. The second kappa shape index (κ2) is 14.2. The van der Waals surface area contributed by atoms with Crippen molar-refractivity contribution in [2.45, 2.75) is 96.9 Å². The first kappa shape index (κ1) is 25.2. The number of carbonyl (C=O) groups is 1. The van der Waals surface area contributed by atoms with Crippen LogP contribution in [0.15, 0.2) is 24.3 Å². The van der Waals surface area contributed by atoms with Gasteiger partial charge in [0.05, 0.1) is 33.0 Å². The average molecular weight is 408 g/mol. The van der Waals surface area contributed by atoms with Crippen LogP contribution in [0.1, 0.15) is 95.1 Å². The molecule has 1 saturated heterocycles. The van der Waals surface area contributed by atoms with Gasteiger partial charge in [-0.25, -0.2) is 0 Å². The molecular weight excluding hydrogens is 366 g/mol. The van der Waals surface area contributed by atoms with E-state index in [1.165, 1.54) is 81.8 Å². The van der Waals surface area contributed by atoms with Crippen molar-refractivity contribution in [3.05, 3.63) is 35.4 Å². The number of ketones is 1. The first-order valence-electron chi connectivity index (χ1n) is 11.5. The second-order valence-corrected chi connectivity index (χ2v) is 9.01. The highest BCUT2D eigenvalue weighted by molar-refractivity contribution is 5.78. The van der Waals surface area contributed by atoms with Gasteiger partial charge in [0.2, 0.25) is 0 Å². The van der Waals surface area contributed by atoms with Crippen molar-refractivity contribution in [2.24, 2.45) is 0 Å². The van der Waals surface area contributed by atoms with E-state index in [1.807, 2.05) is 0 Å². The van der Waals surface area contributed by atoms with Crippen LogP contribution in [0.25, 0.3) is 0 Å². The lowest BCUT2D eigenvalue weighted by Gasteiger charge is -2.37. The molecule has 0 bridgehead atoms. The van der Waals surface area contributed by atoms with Crippen LogP contribution in [0.2, 0.25) is 0 Å². The van der Waals surface area contributed by atoms with Crippen LogP contribution in [-0.4, -0.2) is 30.4 Å². The van der Waals surface area contributed by atoms with Gasteiger partial charge in [0.15, 0.2) is 0 Å². The normalized spacial score (nSPS) is 16.0. The molecule has 1 aliphatic rings. The number of piperidine rings is 1. The summed E-state index contributed by atoms with van der Waals surface area (Å²) in [6.07, 6.45) is 16.8. The van der Waals surface area contributed by atoms with Gasteiger partial charge < -0.3 is 16.9 Å². The summed E-state index contributed by atoms with van der Waals surface area (Å²) in [6, 6.07) is 9.27. The number of halogens is 1. The Morgan fingerprint density at radius 2 is 1.21 bits per heavy atom. The minimum absolute atomic E-state index is 0. The quantitative estimate of drug-likeness (QED) is 0.361. The van der Waals surface area contributed by atoms with E-state index in [0.29, 0.717) is 5.78 Å². The molecule has 0 unspecified atom stereocenters. The summed E-state index contributed by atoms with van der Waals surface area (Å²) in [5.41, 5.74) is 2.90. The maximum absolute atomic E-state index is 11.5. The molecule has 0 spiro atoms. The predicted molar refractivity (Wildman–Crippen MR) is 116 cm³/mol. The largest absolute Gasteiger partial charge is 1.00 e. The van der Waals surface area contributed by atoms with E-state index < -0.39 is 0 Å². The third-order valence-corrected chi connectivity index (χ3v) is 6.27. The number of carbonyl (C=O) groups excluding carboxylic acids is 1. The molecule has 3 heteroatoms. The van der Waals surface area contributed by atoms with Gasteiger partial charge in [-0.3, -0.25) is 4.79 Å². The SMILES string of the molecule is CCCCCCCCCCCCc1ccc(C[N+]2(C)CCC(=O)CC2)cc1.[Cl-]. The minimum atomic E-state index is 0. The summed E-state index contributed by atoms with van der Waals surface area (Å²) in [4.78, 5) is 11.5. The summed E-state index contributed by atoms with van der Waals surface area (Å²) >= 11 is 0. The van der Waals surface area contributed by atoms with Gasteiger partial charge in [-0.2, -0.15) is 0 Å². The number of rotatable bonds is 13. The molecule has 1 fully saturated rings. The van der Waals surface area contributed by atoms with Gasteiger partial charge in [-0.15, -0.1) is 0 Å².